The van der Waals surface area contributed by atoms with Crippen LogP contribution in [0.1, 0.15) is 16.1 Å². The zero-order valence-electron chi connectivity index (χ0n) is 12.5. The molecule has 0 atom stereocenters. The topological polar surface area (TPSA) is 61.2 Å². The largest absolute Gasteiger partial charge is 0.464 e. The molecular formula is C17H13FN2O3. The molecule has 0 fully saturated rings. The Morgan fingerprint density at radius 1 is 1.17 bits per heavy atom. The van der Waals surface area contributed by atoms with Gasteiger partial charge in [0, 0.05) is 11.3 Å². The summed E-state index contributed by atoms with van der Waals surface area (Å²) in [7, 11) is 1.23. The van der Waals surface area contributed by atoms with Crippen molar-refractivity contribution in [1.29, 1.82) is 0 Å². The molecule has 0 aliphatic carbocycles. The number of rotatable bonds is 2. The van der Waals surface area contributed by atoms with Crippen LogP contribution in [0.2, 0.25) is 0 Å². The van der Waals surface area contributed by atoms with Gasteiger partial charge in [0.1, 0.15) is 5.69 Å². The van der Waals surface area contributed by atoms with Crippen LogP contribution in [-0.2, 0) is 4.74 Å². The van der Waals surface area contributed by atoms with E-state index in [1.165, 1.54) is 24.7 Å². The molecule has 0 saturated carbocycles. The summed E-state index contributed by atoms with van der Waals surface area (Å²) in [5.74, 6) is -1.42. The van der Waals surface area contributed by atoms with E-state index in [2.05, 4.69) is 4.98 Å². The third-order valence-electron chi connectivity index (χ3n) is 3.61. The lowest BCUT2D eigenvalue weighted by molar-refractivity contribution is 0.0590. The molecule has 23 heavy (non-hydrogen) atoms. The number of hydrogen-bond donors (Lipinski definition) is 0. The number of carbonyl (C=O) groups excluding carboxylic acids is 1. The highest BCUT2D eigenvalue weighted by atomic mass is 19.1. The van der Waals surface area contributed by atoms with Gasteiger partial charge in [-0.05, 0) is 31.2 Å². The first-order chi connectivity index (χ1) is 11.0. The summed E-state index contributed by atoms with van der Waals surface area (Å²) in [6, 6.07) is 11.3. The molecule has 0 radical (unpaired) electrons. The van der Waals surface area contributed by atoms with Crippen LogP contribution in [0.4, 0.5) is 4.39 Å². The van der Waals surface area contributed by atoms with Gasteiger partial charge in [-0.25, -0.2) is 9.78 Å². The molecule has 5 nitrogen and oxygen atoms in total. The van der Waals surface area contributed by atoms with E-state index < -0.39 is 11.9 Å². The minimum atomic E-state index is -0.735. The summed E-state index contributed by atoms with van der Waals surface area (Å²) in [6.07, 6.45) is 0. The number of methoxy groups -OCH3 is 1. The average molecular weight is 312 g/mol. The zero-order valence-corrected chi connectivity index (χ0v) is 12.5. The third-order valence-corrected chi connectivity index (χ3v) is 3.61. The van der Waals surface area contributed by atoms with Crippen molar-refractivity contribution < 1.29 is 13.9 Å². The van der Waals surface area contributed by atoms with Crippen LogP contribution in [0.5, 0.6) is 0 Å². The molecule has 0 aliphatic heterocycles. The number of carbonyl (C=O) groups is 1. The van der Waals surface area contributed by atoms with Crippen LogP contribution in [-0.4, -0.2) is 22.6 Å². The van der Waals surface area contributed by atoms with E-state index in [1.807, 2.05) is 6.07 Å². The predicted molar refractivity (Wildman–Crippen MR) is 83.4 cm³/mol. The smallest absolute Gasteiger partial charge is 0.355 e. The van der Waals surface area contributed by atoms with Gasteiger partial charge in [0.25, 0.3) is 0 Å². The second-order valence-corrected chi connectivity index (χ2v) is 4.97. The monoisotopic (exact) mass is 312 g/mol. The maximum absolute atomic E-state index is 13.6. The van der Waals surface area contributed by atoms with E-state index in [1.54, 1.807) is 24.3 Å². The van der Waals surface area contributed by atoms with Crippen LogP contribution in [0.3, 0.4) is 0 Å². The lowest BCUT2D eigenvalue weighted by atomic mass is 10.1. The molecule has 1 aromatic carbocycles. The minimum Gasteiger partial charge on any atom is -0.464 e. The van der Waals surface area contributed by atoms with Gasteiger partial charge in [0.15, 0.2) is 11.1 Å². The maximum Gasteiger partial charge on any atom is 0.355 e. The molecule has 3 aromatic rings. The van der Waals surface area contributed by atoms with Gasteiger partial charge in [-0.15, -0.1) is 0 Å². The average Bonchev–Trinajstić information content (AvgIpc) is 2.57. The third kappa shape index (κ3) is 2.38. The summed E-state index contributed by atoms with van der Waals surface area (Å²) in [6.45, 7) is 1.54. The van der Waals surface area contributed by atoms with Gasteiger partial charge in [-0.3, -0.25) is 9.36 Å². The number of halogens is 1. The van der Waals surface area contributed by atoms with Crippen molar-refractivity contribution in [3.8, 4) is 5.69 Å². The lowest BCUT2D eigenvalue weighted by Crippen LogP contribution is -2.23. The van der Waals surface area contributed by atoms with Gasteiger partial charge < -0.3 is 4.74 Å². The van der Waals surface area contributed by atoms with Crippen molar-refractivity contribution in [2.75, 3.05) is 7.11 Å². The number of esters is 1. The number of aromatic nitrogens is 2. The number of benzene rings is 1. The van der Waals surface area contributed by atoms with E-state index >= 15 is 0 Å². The fourth-order valence-electron chi connectivity index (χ4n) is 2.53. The predicted octanol–water partition coefficient (Wildman–Crippen LogP) is 2.62. The van der Waals surface area contributed by atoms with E-state index in [-0.39, 0.29) is 27.7 Å². The first-order valence-corrected chi connectivity index (χ1v) is 6.90. The standard InChI is InChI=1S/C17H13FN2O3/c1-10-14(17(22)23-2)20(11-6-4-3-5-7-11)16-12(15(10)21)8-9-13(18)19-16/h3-9H,1-2H3. The first kappa shape index (κ1) is 14.9. The molecule has 6 heteroatoms. The highest BCUT2D eigenvalue weighted by molar-refractivity contribution is 5.94. The number of para-hydroxylation sites is 1. The maximum atomic E-state index is 13.6. The molecule has 0 unspecified atom stereocenters. The summed E-state index contributed by atoms with van der Waals surface area (Å²) in [5, 5.41) is 0.236. The second kappa shape index (κ2) is 5.64. The molecule has 116 valence electrons. The highest BCUT2D eigenvalue weighted by Gasteiger charge is 2.22. The van der Waals surface area contributed by atoms with Gasteiger partial charge in [-0.1, -0.05) is 18.2 Å². The second-order valence-electron chi connectivity index (χ2n) is 4.97. The quantitative estimate of drug-likeness (QED) is 0.539. The van der Waals surface area contributed by atoms with Crippen molar-refractivity contribution in [3.05, 3.63) is 69.9 Å². The molecule has 0 amide bonds. The molecule has 0 saturated heterocycles. The molecule has 0 spiro atoms. The van der Waals surface area contributed by atoms with Crippen LogP contribution < -0.4 is 5.43 Å². The Morgan fingerprint density at radius 3 is 2.52 bits per heavy atom. The molecule has 0 aliphatic rings. The zero-order chi connectivity index (χ0) is 16.6. The number of hydrogen-bond acceptors (Lipinski definition) is 4. The molecule has 0 bridgehead atoms. The minimum absolute atomic E-state index is 0.0364. The van der Waals surface area contributed by atoms with Crippen molar-refractivity contribution in [3.63, 3.8) is 0 Å². The Bertz CT molecular complexity index is 965. The van der Waals surface area contributed by atoms with E-state index in [9.17, 15) is 14.0 Å². The SMILES string of the molecule is COC(=O)c1c(C)c(=O)c2ccc(F)nc2n1-c1ccccc1. The number of pyridine rings is 2. The summed E-state index contributed by atoms with van der Waals surface area (Å²) in [4.78, 5) is 28.5. The number of nitrogens with zero attached hydrogens (tertiary/aromatic N) is 2. The van der Waals surface area contributed by atoms with Crippen LogP contribution in [0.15, 0.2) is 47.3 Å². The van der Waals surface area contributed by atoms with E-state index in [0.29, 0.717) is 5.69 Å². The van der Waals surface area contributed by atoms with E-state index in [0.717, 1.165) is 6.07 Å². The Hall–Kier alpha value is -3.02. The van der Waals surface area contributed by atoms with Crippen LogP contribution in [0.25, 0.3) is 16.7 Å². The fraction of sp³-hybridized carbons (Fsp3) is 0.118. The Balaban J connectivity index is 2.56. The summed E-state index contributed by atoms with van der Waals surface area (Å²) >= 11 is 0. The first-order valence-electron chi connectivity index (χ1n) is 6.90. The van der Waals surface area contributed by atoms with Gasteiger partial charge in [0.05, 0.1) is 12.5 Å². The Morgan fingerprint density at radius 2 is 1.87 bits per heavy atom. The van der Waals surface area contributed by atoms with Crippen LogP contribution >= 0.6 is 0 Å². The van der Waals surface area contributed by atoms with Gasteiger partial charge >= 0.3 is 5.97 Å². The lowest BCUT2D eigenvalue weighted by Gasteiger charge is -2.17. The summed E-state index contributed by atoms with van der Waals surface area (Å²) in [5.41, 5.74) is 0.544. The number of fused-ring (bicyclic) bond motifs is 1. The highest BCUT2D eigenvalue weighted by Crippen LogP contribution is 2.21. The molecular weight excluding hydrogens is 299 g/mol. The van der Waals surface area contributed by atoms with Crippen molar-refractivity contribution >= 4 is 17.0 Å². The van der Waals surface area contributed by atoms with Crippen molar-refractivity contribution in [2.45, 2.75) is 6.92 Å². The van der Waals surface area contributed by atoms with Crippen molar-refractivity contribution in [1.82, 2.24) is 9.55 Å². The molecule has 2 heterocycles. The van der Waals surface area contributed by atoms with Gasteiger partial charge in [-0.2, -0.15) is 4.39 Å². The van der Waals surface area contributed by atoms with E-state index in [4.69, 9.17) is 4.74 Å². The fourth-order valence-corrected chi connectivity index (χ4v) is 2.53. The molecule has 3 rings (SSSR count). The Labute approximate surface area is 131 Å². The molecule has 2 aromatic heterocycles. The molecule has 0 N–H and O–H groups in total. The number of ether oxygens (including phenoxy) is 1. The summed E-state index contributed by atoms with van der Waals surface area (Å²) < 4.78 is 19.9. The van der Waals surface area contributed by atoms with Gasteiger partial charge in [0.2, 0.25) is 5.95 Å². The van der Waals surface area contributed by atoms with Crippen LogP contribution in [0, 0.1) is 12.9 Å². The normalized spacial score (nSPS) is 10.7. The Kier molecular flexibility index (Phi) is 3.65. The van der Waals surface area contributed by atoms with Crippen molar-refractivity contribution in [2.24, 2.45) is 0 Å².